The predicted molar refractivity (Wildman–Crippen MR) is 95.4 cm³/mol. The molecule has 2 atom stereocenters. The number of nitrogens with zero attached hydrogens (tertiary/aromatic N) is 1. The van der Waals surface area contributed by atoms with Crippen LogP contribution in [0.25, 0.3) is 5.57 Å². The van der Waals surface area contributed by atoms with Crippen LogP contribution in [-0.2, 0) is 19.5 Å². The summed E-state index contributed by atoms with van der Waals surface area (Å²) in [5, 5.41) is 0. The lowest BCUT2D eigenvalue weighted by Gasteiger charge is -2.32. The zero-order valence-electron chi connectivity index (χ0n) is 13.8. The van der Waals surface area contributed by atoms with Crippen LogP contribution in [0.2, 0.25) is 0 Å². The van der Waals surface area contributed by atoms with E-state index in [0.717, 1.165) is 11.1 Å². The van der Waals surface area contributed by atoms with Crippen LogP contribution < -0.4 is 4.31 Å². The maximum atomic E-state index is 13.3. The van der Waals surface area contributed by atoms with Gasteiger partial charge in [-0.3, -0.25) is 4.31 Å². The number of hydrogen-bond acceptors (Lipinski definition) is 4. The van der Waals surface area contributed by atoms with Gasteiger partial charge in [0.25, 0.3) is 10.0 Å². The highest BCUT2D eigenvalue weighted by Crippen LogP contribution is 2.46. The second-order valence-electron chi connectivity index (χ2n) is 5.98. The van der Waals surface area contributed by atoms with E-state index < -0.39 is 16.3 Å². The fraction of sp³-hybridized carbons (Fsp3) is 0.263. The van der Waals surface area contributed by atoms with Crippen LogP contribution in [0.1, 0.15) is 18.9 Å². The van der Waals surface area contributed by atoms with Crippen molar-refractivity contribution in [3.8, 4) is 0 Å². The van der Waals surface area contributed by atoms with Gasteiger partial charge in [-0.25, -0.2) is 8.42 Å². The second-order valence-corrected chi connectivity index (χ2v) is 7.79. The van der Waals surface area contributed by atoms with Gasteiger partial charge in [0.2, 0.25) is 6.29 Å². The normalized spacial score (nSPS) is 22.0. The van der Waals surface area contributed by atoms with E-state index in [1.807, 2.05) is 37.3 Å². The SMILES string of the molecule is CCO[C@H]1C[C@@H]2C(=CO1)c1ccccc1N2S(=O)(=O)c1ccccc1. The third-order valence-corrected chi connectivity index (χ3v) is 6.35. The van der Waals surface area contributed by atoms with Gasteiger partial charge < -0.3 is 9.47 Å². The van der Waals surface area contributed by atoms with Crippen molar-refractivity contribution >= 4 is 21.3 Å². The van der Waals surface area contributed by atoms with Gasteiger partial charge in [-0.2, -0.15) is 0 Å². The van der Waals surface area contributed by atoms with Gasteiger partial charge in [-0.05, 0) is 25.1 Å². The number of rotatable bonds is 4. The van der Waals surface area contributed by atoms with Gasteiger partial charge in [-0.15, -0.1) is 0 Å². The molecule has 130 valence electrons. The molecular formula is C19H19NO4S. The number of ether oxygens (including phenoxy) is 2. The van der Waals surface area contributed by atoms with Crippen molar-refractivity contribution in [3.63, 3.8) is 0 Å². The summed E-state index contributed by atoms with van der Waals surface area (Å²) >= 11 is 0. The first-order valence-corrected chi connectivity index (χ1v) is 9.73. The Morgan fingerprint density at radius 1 is 1.12 bits per heavy atom. The van der Waals surface area contributed by atoms with Crippen LogP contribution in [-0.4, -0.2) is 27.4 Å². The van der Waals surface area contributed by atoms with Gasteiger partial charge in [0.1, 0.15) is 0 Å². The Kier molecular flexibility index (Phi) is 4.01. The zero-order chi connectivity index (χ0) is 17.4. The third kappa shape index (κ3) is 2.62. The molecule has 2 heterocycles. The lowest BCUT2D eigenvalue weighted by molar-refractivity contribution is -0.111. The Labute approximate surface area is 147 Å². The Balaban J connectivity index is 1.83. The topological polar surface area (TPSA) is 55.8 Å². The fourth-order valence-electron chi connectivity index (χ4n) is 3.43. The molecule has 0 unspecified atom stereocenters. The van der Waals surface area contributed by atoms with E-state index in [1.165, 1.54) is 4.31 Å². The average molecular weight is 357 g/mol. The van der Waals surface area contributed by atoms with E-state index >= 15 is 0 Å². The van der Waals surface area contributed by atoms with E-state index in [2.05, 4.69) is 0 Å². The Morgan fingerprint density at radius 3 is 2.60 bits per heavy atom. The minimum atomic E-state index is -3.68. The van der Waals surface area contributed by atoms with Crippen LogP contribution in [0.3, 0.4) is 0 Å². The quantitative estimate of drug-likeness (QED) is 0.842. The summed E-state index contributed by atoms with van der Waals surface area (Å²) in [7, 11) is -3.68. The highest BCUT2D eigenvalue weighted by Gasteiger charge is 2.44. The molecule has 0 saturated carbocycles. The van der Waals surface area contributed by atoms with Crippen molar-refractivity contribution in [2.24, 2.45) is 0 Å². The van der Waals surface area contributed by atoms with Crippen molar-refractivity contribution in [1.29, 1.82) is 0 Å². The van der Waals surface area contributed by atoms with Gasteiger partial charge in [0.15, 0.2) is 0 Å². The summed E-state index contributed by atoms with van der Waals surface area (Å²) in [5.74, 6) is 0. The first-order chi connectivity index (χ1) is 12.1. The van der Waals surface area contributed by atoms with E-state index in [9.17, 15) is 8.42 Å². The standard InChI is InChI=1S/C19H19NO4S/c1-2-23-19-12-18-16(13-24-19)15-10-6-7-11-17(15)20(18)25(21,22)14-8-4-3-5-9-14/h3-11,13,18-19H,2,12H2,1H3/t18-,19-/m1/s1. The lowest BCUT2D eigenvalue weighted by Crippen LogP contribution is -2.41. The van der Waals surface area contributed by atoms with Gasteiger partial charge in [-0.1, -0.05) is 36.4 Å². The highest BCUT2D eigenvalue weighted by molar-refractivity contribution is 7.93. The molecule has 6 heteroatoms. The average Bonchev–Trinajstić information content (AvgIpc) is 2.97. The molecule has 0 aliphatic carbocycles. The van der Waals surface area contributed by atoms with E-state index in [0.29, 0.717) is 18.7 Å². The molecule has 0 saturated heterocycles. The van der Waals surface area contributed by atoms with Crippen LogP contribution in [0.15, 0.2) is 65.8 Å². The number of benzene rings is 2. The molecule has 2 aromatic rings. The Hall–Kier alpha value is -2.31. The van der Waals surface area contributed by atoms with E-state index in [-0.39, 0.29) is 10.9 Å². The molecule has 5 nitrogen and oxygen atoms in total. The first kappa shape index (κ1) is 16.2. The van der Waals surface area contributed by atoms with Crippen LogP contribution >= 0.6 is 0 Å². The summed E-state index contributed by atoms with van der Waals surface area (Å²) in [5.41, 5.74) is 2.45. The summed E-state index contributed by atoms with van der Waals surface area (Å²) < 4.78 is 39.4. The number of para-hydroxylation sites is 1. The molecule has 25 heavy (non-hydrogen) atoms. The number of anilines is 1. The summed E-state index contributed by atoms with van der Waals surface area (Å²) in [6, 6.07) is 15.7. The number of hydrogen-bond donors (Lipinski definition) is 0. The predicted octanol–water partition coefficient (Wildman–Crippen LogP) is 3.39. The molecule has 2 aliphatic rings. The van der Waals surface area contributed by atoms with E-state index in [1.54, 1.807) is 30.5 Å². The molecule has 0 amide bonds. The summed E-state index contributed by atoms with van der Waals surface area (Å²) in [4.78, 5) is 0.283. The maximum absolute atomic E-state index is 13.3. The molecule has 0 bridgehead atoms. The molecule has 0 radical (unpaired) electrons. The highest BCUT2D eigenvalue weighted by atomic mass is 32.2. The maximum Gasteiger partial charge on any atom is 0.264 e. The molecule has 0 fully saturated rings. The van der Waals surface area contributed by atoms with Crippen molar-refractivity contribution in [3.05, 3.63) is 66.4 Å². The van der Waals surface area contributed by atoms with Gasteiger partial charge in [0.05, 0.1) is 22.9 Å². The lowest BCUT2D eigenvalue weighted by atomic mass is 10.00. The van der Waals surface area contributed by atoms with Crippen molar-refractivity contribution in [2.45, 2.75) is 30.6 Å². The van der Waals surface area contributed by atoms with E-state index in [4.69, 9.17) is 9.47 Å². The van der Waals surface area contributed by atoms with Crippen molar-refractivity contribution < 1.29 is 17.9 Å². The molecular weight excluding hydrogens is 338 g/mol. The van der Waals surface area contributed by atoms with Crippen LogP contribution in [0, 0.1) is 0 Å². The molecule has 0 spiro atoms. The third-order valence-electron chi connectivity index (χ3n) is 4.51. The Bertz CT molecular complexity index is 908. The molecule has 4 rings (SSSR count). The van der Waals surface area contributed by atoms with Crippen molar-refractivity contribution in [1.82, 2.24) is 0 Å². The molecule has 2 aromatic carbocycles. The number of sulfonamides is 1. The summed E-state index contributed by atoms with van der Waals surface area (Å²) in [6.07, 6.45) is 1.66. The first-order valence-electron chi connectivity index (χ1n) is 8.29. The molecule has 2 aliphatic heterocycles. The van der Waals surface area contributed by atoms with Crippen molar-refractivity contribution in [2.75, 3.05) is 10.9 Å². The van der Waals surface area contributed by atoms with Gasteiger partial charge in [0, 0.05) is 24.2 Å². The zero-order valence-corrected chi connectivity index (χ0v) is 14.6. The summed E-state index contributed by atoms with van der Waals surface area (Å²) in [6.45, 7) is 2.41. The Morgan fingerprint density at radius 2 is 1.84 bits per heavy atom. The van der Waals surface area contributed by atoms with Gasteiger partial charge >= 0.3 is 0 Å². The smallest absolute Gasteiger partial charge is 0.264 e. The van der Waals surface area contributed by atoms with Crippen LogP contribution in [0.5, 0.6) is 0 Å². The minimum Gasteiger partial charge on any atom is -0.472 e. The molecule has 0 N–H and O–H groups in total. The van der Waals surface area contributed by atoms with Crippen LogP contribution in [0.4, 0.5) is 5.69 Å². The fourth-order valence-corrected chi connectivity index (χ4v) is 5.11. The largest absolute Gasteiger partial charge is 0.472 e. The number of fused-ring (bicyclic) bond motifs is 3. The minimum absolute atomic E-state index is 0.283. The monoisotopic (exact) mass is 357 g/mol. The molecule has 0 aromatic heterocycles. The second kappa shape index (κ2) is 6.20.